The molecule has 5 unspecified atom stereocenters. The fourth-order valence-corrected chi connectivity index (χ4v) is 5.91. The van der Waals surface area contributed by atoms with Crippen LogP contribution in [0.5, 0.6) is 0 Å². The van der Waals surface area contributed by atoms with Gasteiger partial charge in [0.05, 0.1) is 5.92 Å². The van der Waals surface area contributed by atoms with Crippen LogP contribution in [0.2, 0.25) is 0 Å². The van der Waals surface area contributed by atoms with Gasteiger partial charge in [0.1, 0.15) is 5.60 Å². The molecule has 0 amide bonds. The number of ether oxygens (including phenoxy) is 1. The second-order valence-corrected chi connectivity index (χ2v) is 9.91. The van der Waals surface area contributed by atoms with Crippen LogP contribution in [0.1, 0.15) is 46.1 Å². The minimum atomic E-state index is -0.631. The zero-order valence-corrected chi connectivity index (χ0v) is 17.8. The summed E-state index contributed by atoms with van der Waals surface area (Å²) in [7, 11) is 0. The molecule has 0 aromatic heterocycles. The third kappa shape index (κ3) is 3.04. The van der Waals surface area contributed by atoms with Gasteiger partial charge in [-0.15, -0.1) is 0 Å². The molecule has 2 saturated carbocycles. The average molecular weight is 387 g/mol. The Labute approximate surface area is 173 Å². The summed E-state index contributed by atoms with van der Waals surface area (Å²) in [6.45, 7) is 8.70. The van der Waals surface area contributed by atoms with E-state index in [1.165, 1.54) is 28.0 Å². The van der Waals surface area contributed by atoms with Gasteiger partial charge in [0.15, 0.2) is 0 Å². The SMILES string of the molecule is CC1C2CC(C(=O)OC(C)(C)c3ccc4cc5ccccc5cc4c3)C(C2)C1C. The number of carbonyl (C=O) groups excluding carboxylic acids is 1. The molecule has 3 aromatic rings. The molecule has 0 saturated heterocycles. The van der Waals surface area contributed by atoms with Crippen LogP contribution < -0.4 is 0 Å². The Kier molecular flexibility index (Phi) is 4.24. The maximum atomic E-state index is 13.1. The lowest BCUT2D eigenvalue weighted by Crippen LogP contribution is -2.35. The smallest absolute Gasteiger partial charge is 0.310 e. The van der Waals surface area contributed by atoms with Gasteiger partial charge in [0, 0.05) is 0 Å². The number of rotatable bonds is 3. The van der Waals surface area contributed by atoms with Gasteiger partial charge in [-0.2, -0.15) is 0 Å². The minimum Gasteiger partial charge on any atom is -0.455 e. The molecule has 0 spiro atoms. The largest absolute Gasteiger partial charge is 0.455 e. The Bertz CT molecular complexity index is 1090. The molecule has 2 fully saturated rings. The van der Waals surface area contributed by atoms with Crippen LogP contribution in [0.4, 0.5) is 0 Å². The molecular weight excluding hydrogens is 356 g/mol. The monoisotopic (exact) mass is 386 g/mol. The van der Waals surface area contributed by atoms with Gasteiger partial charge < -0.3 is 4.74 Å². The van der Waals surface area contributed by atoms with E-state index < -0.39 is 5.60 Å². The Hall–Kier alpha value is -2.35. The van der Waals surface area contributed by atoms with Gasteiger partial charge in [-0.25, -0.2) is 0 Å². The molecule has 5 rings (SSSR count). The number of carbonyl (C=O) groups is 1. The normalized spacial score (nSPS) is 28.9. The predicted molar refractivity (Wildman–Crippen MR) is 119 cm³/mol. The van der Waals surface area contributed by atoms with Crippen molar-refractivity contribution in [3.63, 3.8) is 0 Å². The van der Waals surface area contributed by atoms with Crippen LogP contribution in [0.25, 0.3) is 21.5 Å². The molecule has 3 aromatic carbocycles. The molecule has 2 aliphatic carbocycles. The van der Waals surface area contributed by atoms with Crippen LogP contribution in [0.3, 0.4) is 0 Å². The van der Waals surface area contributed by atoms with Gasteiger partial charge in [0.2, 0.25) is 0 Å². The Morgan fingerprint density at radius 1 is 0.862 bits per heavy atom. The lowest BCUT2D eigenvalue weighted by molar-refractivity contribution is -0.165. The van der Waals surface area contributed by atoms with Crippen molar-refractivity contribution in [1.82, 2.24) is 0 Å². The highest BCUT2D eigenvalue weighted by molar-refractivity contribution is 5.98. The van der Waals surface area contributed by atoms with Crippen molar-refractivity contribution < 1.29 is 9.53 Å². The maximum absolute atomic E-state index is 13.1. The summed E-state index contributed by atoms with van der Waals surface area (Å²) >= 11 is 0. The molecule has 2 nitrogen and oxygen atoms in total. The zero-order valence-electron chi connectivity index (χ0n) is 17.8. The number of benzene rings is 3. The zero-order chi connectivity index (χ0) is 20.3. The quantitative estimate of drug-likeness (QED) is 0.370. The average Bonchev–Trinajstić information content (AvgIpc) is 3.25. The van der Waals surface area contributed by atoms with E-state index in [1.807, 2.05) is 13.8 Å². The highest BCUT2D eigenvalue weighted by Crippen LogP contribution is 2.55. The van der Waals surface area contributed by atoms with E-state index in [-0.39, 0.29) is 11.9 Å². The van der Waals surface area contributed by atoms with Crippen molar-refractivity contribution in [1.29, 1.82) is 0 Å². The van der Waals surface area contributed by atoms with Crippen molar-refractivity contribution >= 4 is 27.5 Å². The topological polar surface area (TPSA) is 26.3 Å². The van der Waals surface area contributed by atoms with Gasteiger partial charge in [-0.1, -0.05) is 50.2 Å². The van der Waals surface area contributed by atoms with Crippen LogP contribution in [-0.2, 0) is 15.1 Å². The van der Waals surface area contributed by atoms with Crippen molar-refractivity contribution in [3.05, 3.63) is 60.2 Å². The summed E-state index contributed by atoms with van der Waals surface area (Å²) in [6.07, 6.45) is 2.21. The molecule has 29 heavy (non-hydrogen) atoms. The second kappa shape index (κ2) is 6.58. The molecule has 0 radical (unpaired) electrons. The van der Waals surface area contributed by atoms with E-state index in [1.54, 1.807) is 0 Å². The first kappa shape index (κ1) is 18.7. The van der Waals surface area contributed by atoms with E-state index in [4.69, 9.17) is 4.74 Å². The van der Waals surface area contributed by atoms with Crippen LogP contribution in [0, 0.1) is 29.6 Å². The lowest BCUT2D eigenvalue weighted by Gasteiger charge is -2.33. The molecule has 0 aliphatic heterocycles. The van der Waals surface area contributed by atoms with E-state index in [0.717, 1.165) is 17.9 Å². The first-order valence-corrected chi connectivity index (χ1v) is 11.0. The van der Waals surface area contributed by atoms with Gasteiger partial charge in [-0.05, 0) is 95.7 Å². The highest BCUT2D eigenvalue weighted by atomic mass is 16.6. The van der Waals surface area contributed by atoms with Crippen LogP contribution in [-0.4, -0.2) is 5.97 Å². The van der Waals surface area contributed by atoms with Crippen molar-refractivity contribution in [2.45, 2.75) is 46.1 Å². The van der Waals surface area contributed by atoms with E-state index in [0.29, 0.717) is 17.8 Å². The standard InChI is InChI=1S/C27H30O2/c1-16-17(2)24-14-21(16)15-25(24)26(28)29-27(3,4)23-10-9-20-11-18-7-5-6-8-19(18)12-22(20)13-23/h5-13,16-17,21,24-25H,14-15H2,1-4H3. The first-order valence-electron chi connectivity index (χ1n) is 11.0. The highest BCUT2D eigenvalue weighted by Gasteiger charge is 2.52. The molecule has 2 aliphatic rings. The minimum absolute atomic E-state index is 0.000131. The summed E-state index contributed by atoms with van der Waals surface area (Å²) in [5.41, 5.74) is 0.423. The fraction of sp³-hybridized carbons (Fsp3) is 0.444. The van der Waals surface area contributed by atoms with E-state index in [2.05, 4.69) is 68.4 Å². The van der Waals surface area contributed by atoms with E-state index >= 15 is 0 Å². The van der Waals surface area contributed by atoms with Gasteiger partial charge in [0.25, 0.3) is 0 Å². The molecule has 2 heteroatoms. The summed E-state index contributed by atoms with van der Waals surface area (Å²) in [4.78, 5) is 13.1. The second-order valence-electron chi connectivity index (χ2n) is 9.91. The summed E-state index contributed by atoms with van der Waals surface area (Å²) < 4.78 is 6.14. The Balaban J connectivity index is 1.41. The maximum Gasteiger partial charge on any atom is 0.310 e. The van der Waals surface area contributed by atoms with Crippen LogP contribution >= 0.6 is 0 Å². The van der Waals surface area contributed by atoms with Gasteiger partial charge >= 0.3 is 5.97 Å². The molecule has 0 N–H and O–H groups in total. The number of hydrogen-bond donors (Lipinski definition) is 0. The van der Waals surface area contributed by atoms with Crippen molar-refractivity contribution in [2.75, 3.05) is 0 Å². The summed E-state index contributed by atoms with van der Waals surface area (Å²) in [6, 6.07) is 19.3. The number of fused-ring (bicyclic) bond motifs is 4. The Morgan fingerprint density at radius 2 is 1.52 bits per heavy atom. The first-order chi connectivity index (χ1) is 13.8. The fourth-order valence-electron chi connectivity index (χ4n) is 5.91. The predicted octanol–water partition coefficient (Wildman–Crippen LogP) is 6.70. The molecule has 150 valence electrons. The van der Waals surface area contributed by atoms with Crippen LogP contribution in [0.15, 0.2) is 54.6 Å². The van der Waals surface area contributed by atoms with E-state index in [9.17, 15) is 4.79 Å². The molecule has 5 atom stereocenters. The summed E-state index contributed by atoms with van der Waals surface area (Å²) in [5, 5.41) is 4.88. The van der Waals surface area contributed by atoms with Crippen molar-refractivity contribution in [3.8, 4) is 0 Å². The molecule has 2 bridgehead atoms. The Morgan fingerprint density at radius 3 is 2.17 bits per heavy atom. The number of hydrogen-bond acceptors (Lipinski definition) is 2. The molecular formula is C27H30O2. The molecule has 0 heterocycles. The lowest BCUT2D eigenvalue weighted by atomic mass is 9.75. The van der Waals surface area contributed by atoms with Crippen molar-refractivity contribution in [2.24, 2.45) is 29.6 Å². The number of esters is 1. The third-order valence-electron chi connectivity index (χ3n) is 7.96. The van der Waals surface area contributed by atoms with Gasteiger partial charge in [-0.3, -0.25) is 4.79 Å². The summed E-state index contributed by atoms with van der Waals surface area (Å²) in [5.74, 6) is 2.65. The third-order valence-corrected chi connectivity index (χ3v) is 7.96.